The summed E-state index contributed by atoms with van der Waals surface area (Å²) in [6, 6.07) is 16.4. The van der Waals surface area contributed by atoms with Crippen LogP contribution < -0.4 is 10.1 Å². The molecule has 0 bridgehead atoms. The van der Waals surface area contributed by atoms with Crippen molar-refractivity contribution < 1.29 is 14.6 Å². The molecule has 0 radical (unpaired) electrons. The maximum absolute atomic E-state index is 11.7. The zero-order chi connectivity index (χ0) is 15.8. The number of methoxy groups -OCH3 is 1. The molecule has 0 aliphatic heterocycles. The summed E-state index contributed by atoms with van der Waals surface area (Å²) in [5.41, 5.74) is 1.57. The van der Waals surface area contributed by atoms with Crippen LogP contribution in [0.2, 0.25) is 0 Å². The molecular weight excluding hydrogens is 278 g/mol. The summed E-state index contributed by atoms with van der Waals surface area (Å²) in [6.07, 6.45) is 4.31. The summed E-state index contributed by atoms with van der Waals surface area (Å²) in [7, 11) is 1.60. The second kappa shape index (κ2) is 7.69. The topological polar surface area (TPSA) is 58.6 Å². The normalized spacial score (nSPS) is 11.4. The highest BCUT2D eigenvalue weighted by molar-refractivity contribution is 5.99. The number of para-hydroxylation sites is 1. The molecule has 2 aromatic rings. The summed E-state index contributed by atoms with van der Waals surface area (Å²) < 4.78 is 5.07. The van der Waals surface area contributed by atoms with Crippen molar-refractivity contribution in [3.63, 3.8) is 0 Å². The zero-order valence-electron chi connectivity index (χ0n) is 12.2. The number of anilines is 1. The second-order valence-corrected chi connectivity index (χ2v) is 4.53. The highest BCUT2D eigenvalue weighted by Crippen LogP contribution is 2.13. The number of aliphatic hydroxyl groups is 1. The fourth-order valence-corrected chi connectivity index (χ4v) is 1.78. The third-order valence-corrected chi connectivity index (χ3v) is 2.88. The third-order valence-electron chi connectivity index (χ3n) is 2.88. The lowest BCUT2D eigenvalue weighted by molar-refractivity contribution is -0.112. The van der Waals surface area contributed by atoms with Crippen LogP contribution in [0.5, 0.6) is 5.75 Å². The van der Waals surface area contributed by atoms with E-state index in [1.54, 1.807) is 25.3 Å². The highest BCUT2D eigenvalue weighted by Gasteiger charge is 1.99. The molecule has 0 aliphatic carbocycles. The van der Waals surface area contributed by atoms with Crippen LogP contribution >= 0.6 is 0 Å². The Kier molecular flexibility index (Phi) is 5.37. The standard InChI is InChI=1S/C18H17NO3/c1-22-17-11-8-14(9-12-17)7-10-16(20)13-18(21)19-15-5-3-2-4-6-15/h2-13,20H,1H3,(H,19,21)/b10-7+,16-13-. The number of hydrogen-bond donors (Lipinski definition) is 2. The van der Waals surface area contributed by atoms with Gasteiger partial charge in [0.2, 0.25) is 0 Å². The summed E-state index contributed by atoms with van der Waals surface area (Å²) in [5.74, 6) is 0.256. The van der Waals surface area contributed by atoms with Crippen LogP contribution in [0.25, 0.3) is 6.08 Å². The third kappa shape index (κ3) is 4.83. The number of rotatable bonds is 5. The van der Waals surface area contributed by atoms with E-state index < -0.39 is 0 Å². The van der Waals surface area contributed by atoms with Crippen molar-refractivity contribution in [1.82, 2.24) is 0 Å². The van der Waals surface area contributed by atoms with Crippen molar-refractivity contribution in [2.45, 2.75) is 0 Å². The zero-order valence-corrected chi connectivity index (χ0v) is 12.2. The molecule has 2 aromatic carbocycles. The molecule has 22 heavy (non-hydrogen) atoms. The van der Waals surface area contributed by atoms with E-state index >= 15 is 0 Å². The summed E-state index contributed by atoms with van der Waals surface area (Å²) in [6.45, 7) is 0. The van der Waals surface area contributed by atoms with E-state index in [0.717, 1.165) is 17.4 Å². The van der Waals surface area contributed by atoms with E-state index in [1.807, 2.05) is 42.5 Å². The molecule has 112 valence electrons. The molecule has 4 heteroatoms. The molecule has 0 saturated carbocycles. The van der Waals surface area contributed by atoms with Crippen molar-refractivity contribution in [3.05, 3.63) is 78.1 Å². The smallest absolute Gasteiger partial charge is 0.252 e. The number of aliphatic hydroxyl groups excluding tert-OH is 1. The van der Waals surface area contributed by atoms with Crippen molar-refractivity contribution in [3.8, 4) is 5.75 Å². The number of ether oxygens (including phenoxy) is 1. The average Bonchev–Trinajstić information content (AvgIpc) is 2.54. The Bertz CT molecular complexity index is 673. The molecule has 0 atom stereocenters. The average molecular weight is 295 g/mol. The van der Waals surface area contributed by atoms with E-state index in [2.05, 4.69) is 5.32 Å². The fraction of sp³-hybridized carbons (Fsp3) is 0.0556. The van der Waals surface area contributed by atoms with Crippen LogP contribution in [0.15, 0.2) is 72.5 Å². The van der Waals surface area contributed by atoms with Gasteiger partial charge in [0.05, 0.1) is 7.11 Å². The Morgan fingerprint density at radius 3 is 2.41 bits per heavy atom. The Morgan fingerprint density at radius 1 is 1.09 bits per heavy atom. The van der Waals surface area contributed by atoms with Crippen LogP contribution in [0, 0.1) is 0 Å². The van der Waals surface area contributed by atoms with Gasteiger partial charge in [0, 0.05) is 11.8 Å². The van der Waals surface area contributed by atoms with Crippen LogP contribution in [0.3, 0.4) is 0 Å². The van der Waals surface area contributed by atoms with Crippen molar-refractivity contribution in [1.29, 1.82) is 0 Å². The maximum atomic E-state index is 11.7. The number of carbonyl (C=O) groups is 1. The number of hydrogen-bond acceptors (Lipinski definition) is 3. The second-order valence-electron chi connectivity index (χ2n) is 4.53. The van der Waals surface area contributed by atoms with Gasteiger partial charge >= 0.3 is 0 Å². The first kappa shape index (κ1) is 15.4. The number of carbonyl (C=O) groups excluding carboxylic acids is 1. The van der Waals surface area contributed by atoms with E-state index in [1.165, 1.54) is 6.08 Å². The van der Waals surface area contributed by atoms with Crippen molar-refractivity contribution in [2.75, 3.05) is 12.4 Å². The Hall–Kier alpha value is -3.01. The van der Waals surface area contributed by atoms with Gasteiger partial charge in [-0.05, 0) is 35.9 Å². The Balaban J connectivity index is 1.96. The summed E-state index contributed by atoms with van der Waals surface area (Å²) in [4.78, 5) is 11.7. The van der Waals surface area contributed by atoms with E-state index in [4.69, 9.17) is 4.74 Å². The number of amides is 1. The van der Waals surface area contributed by atoms with Crippen LogP contribution in [-0.4, -0.2) is 18.1 Å². The lowest BCUT2D eigenvalue weighted by Gasteiger charge is -2.01. The first-order chi connectivity index (χ1) is 10.7. The highest BCUT2D eigenvalue weighted by atomic mass is 16.5. The van der Waals surface area contributed by atoms with Crippen LogP contribution in [0.4, 0.5) is 5.69 Å². The minimum Gasteiger partial charge on any atom is -0.508 e. The van der Waals surface area contributed by atoms with Gasteiger partial charge in [0.25, 0.3) is 5.91 Å². The summed E-state index contributed by atoms with van der Waals surface area (Å²) in [5, 5.41) is 12.4. The maximum Gasteiger partial charge on any atom is 0.252 e. The quantitative estimate of drug-likeness (QED) is 0.501. The van der Waals surface area contributed by atoms with E-state index in [9.17, 15) is 9.90 Å². The molecular formula is C18H17NO3. The molecule has 0 spiro atoms. The number of nitrogens with one attached hydrogen (secondary N) is 1. The number of benzene rings is 2. The van der Waals surface area contributed by atoms with Crippen molar-refractivity contribution in [2.24, 2.45) is 0 Å². The van der Waals surface area contributed by atoms with Gasteiger partial charge in [-0.25, -0.2) is 0 Å². The molecule has 0 aliphatic rings. The lowest BCUT2D eigenvalue weighted by Crippen LogP contribution is -2.08. The molecule has 4 nitrogen and oxygen atoms in total. The van der Waals surface area contributed by atoms with Gasteiger partial charge < -0.3 is 15.2 Å². The molecule has 2 rings (SSSR count). The Labute approximate surface area is 129 Å². The van der Waals surface area contributed by atoms with Gasteiger partial charge in [-0.1, -0.05) is 36.4 Å². The lowest BCUT2D eigenvalue weighted by atomic mass is 10.2. The van der Waals surface area contributed by atoms with E-state index in [0.29, 0.717) is 5.69 Å². The fourth-order valence-electron chi connectivity index (χ4n) is 1.78. The van der Waals surface area contributed by atoms with Crippen LogP contribution in [0.1, 0.15) is 5.56 Å². The first-order valence-electron chi connectivity index (χ1n) is 6.76. The van der Waals surface area contributed by atoms with Gasteiger partial charge in [0.15, 0.2) is 0 Å². The minimum absolute atomic E-state index is 0.121. The predicted molar refractivity (Wildman–Crippen MR) is 87.8 cm³/mol. The SMILES string of the molecule is COc1ccc(/C=C/C(O)=C/C(=O)Nc2ccccc2)cc1. The first-order valence-corrected chi connectivity index (χ1v) is 6.76. The summed E-state index contributed by atoms with van der Waals surface area (Å²) >= 11 is 0. The predicted octanol–water partition coefficient (Wildman–Crippen LogP) is 3.79. The number of allylic oxidation sites excluding steroid dienone is 1. The molecule has 0 unspecified atom stereocenters. The monoisotopic (exact) mass is 295 g/mol. The molecule has 0 fully saturated rings. The minimum atomic E-state index is -0.386. The van der Waals surface area contributed by atoms with Crippen LogP contribution in [-0.2, 0) is 4.79 Å². The Morgan fingerprint density at radius 2 is 1.77 bits per heavy atom. The molecule has 1 amide bonds. The molecule has 2 N–H and O–H groups in total. The molecule has 0 saturated heterocycles. The van der Waals surface area contributed by atoms with Crippen molar-refractivity contribution >= 4 is 17.7 Å². The van der Waals surface area contributed by atoms with E-state index in [-0.39, 0.29) is 11.7 Å². The van der Waals surface area contributed by atoms with Gasteiger partial charge in [-0.15, -0.1) is 0 Å². The van der Waals surface area contributed by atoms with Gasteiger partial charge in [0.1, 0.15) is 11.5 Å². The molecule has 0 aromatic heterocycles. The van der Waals surface area contributed by atoms with Gasteiger partial charge in [-0.3, -0.25) is 4.79 Å². The largest absolute Gasteiger partial charge is 0.508 e. The molecule has 0 heterocycles. The van der Waals surface area contributed by atoms with Gasteiger partial charge in [-0.2, -0.15) is 0 Å².